The van der Waals surface area contributed by atoms with E-state index in [2.05, 4.69) is 13.0 Å². The monoisotopic (exact) mass is 368 g/mol. The van der Waals surface area contributed by atoms with Gasteiger partial charge in [0.15, 0.2) is 0 Å². The average molecular weight is 368 g/mol. The summed E-state index contributed by atoms with van der Waals surface area (Å²) in [5.74, 6) is 1.60. The van der Waals surface area contributed by atoms with Crippen LogP contribution in [0.5, 0.6) is 5.75 Å². The number of hydrogen-bond donors (Lipinski definition) is 0. The fourth-order valence-electron chi connectivity index (χ4n) is 3.84. The molecule has 1 aliphatic carbocycles. The number of ketones is 1. The zero-order valence-corrected chi connectivity index (χ0v) is 16.3. The molecule has 0 aromatic heterocycles. The third kappa shape index (κ3) is 5.66. The van der Waals surface area contributed by atoms with Crippen molar-refractivity contribution in [3.8, 4) is 16.9 Å². The van der Waals surface area contributed by atoms with E-state index >= 15 is 0 Å². The van der Waals surface area contributed by atoms with Gasteiger partial charge in [-0.3, -0.25) is 0 Å². The van der Waals surface area contributed by atoms with Crippen molar-refractivity contribution in [1.29, 1.82) is 0 Å². The summed E-state index contributed by atoms with van der Waals surface area (Å²) in [5, 5.41) is 0. The van der Waals surface area contributed by atoms with E-state index in [1.807, 2.05) is 18.2 Å². The van der Waals surface area contributed by atoms with Crippen LogP contribution >= 0.6 is 0 Å². The Morgan fingerprint density at radius 2 is 1.89 bits per heavy atom. The van der Waals surface area contributed by atoms with Crippen LogP contribution in [0.4, 0.5) is 4.39 Å². The number of ether oxygens (including phenoxy) is 1. The molecule has 1 fully saturated rings. The molecule has 0 atom stereocenters. The van der Waals surface area contributed by atoms with Crippen LogP contribution in [0.3, 0.4) is 0 Å². The van der Waals surface area contributed by atoms with Gasteiger partial charge in [0.2, 0.25) is 0 Å². The highest BCUT2D eigenvalue weighted by Gasteiger charge is 2.20. The van der Waals surface area contributed by atoms with Gasteiger partial charge in [-0.15, -0.1) is 0 Å². The number of carbonyl (C=O) groups is 1. The van der Waals surface area contributed by atoms with Crippen molar-refractivity contribution in [3.63, 3.8) is 0 Å². The first-order chi connectivity index (χ1) is 13.0. The lowest BCUT2D eigenvalue weighted by molar-refractivity contribution is -0.117. The van der Waals surface area contributed by atoms with Crippen LogP contribution < -0.4 is 4.74 Å². The minimum Gasteiger partial charge on any atom is -0.490 e. The van der Waals surface area contributed by atoms with E-state index in [1.54, 1.807) is 19.1 Å². The lowest BCUT2D eigenvalue weighted by Crippen LogP contribution is -2.23. The van der Waals surface area contributed by atoms with Crippen molar-refractivity contribution in [1.82, 2.24) is 0 Å². The van der Waals surface area contributed by atoms with Crippen LogP contribution in [0.15, 0.2) is 42.5 Å². The summed E-state index contributed by atoms with van der Waals surface area (Å²) >= 11 is 0. The molecule has 27 heavy (non-hydrogen) atoms. The van der Waals surface area contributed by atoms with E-state index in [-0.39, 0.29) is 17.7 Å². The summed E-state index contributed by atoms with van der Waals surface area (Å²) in [6, 6.07) is 12.8. The minimum atomic E-state index is -0.241. The quantitative estimate of drug-likeness (QED) is 0.568. The van der Waals surface area contributed by atoms with Gasteiger partial charge in [0, 0.05) is 6.42 Å². The number of rotatable bonds is 7. The van der Waals surface area contributed by atoms with E-state index in [1.165, 1.54) is 18.9 Å². The topological polar surface area (TPSA) is 26.3 Å². The van der Waals surface area contributed by atoms with Crippen molar-refractivity contribution >= 4 is 5.78 Å². The lowest BCUT2D eigenvalue weighted by Gasteiger charge is -2.27. The Morgan fingerprint density at radius 1 is 1.11 bits per heavy atom. The second kappa shape index (κ2) is 9.16. The fourth-order valence-corrected chi connectivity index (χ4v) is 3.84. The van der Waals surface area contributed by atoms with E-state index in [0.29, 0.717) is 6.42 Å². The number of carbonyl (C=O) groups excluding carboxylic acids is 1. The Hall–Kier alpha value is -2.16. The molecule has 0 heterocycles. The van der Waals surface area contributed by atoms with Crippen LogP contribution in [-0.2, 0) is 11.2 Å². The van der Waals surface area contributed by atoms with Crippen LogP contribution in [0.25, 0.3) is 11.1 Å². The van der Waals surface area contributed by atoms with E-state index in [9.17, 15) is 9.18 Å². The van der Waals surface area contributed by atoms with Gasteiger partial charge in [0.25, 0.3) is 0 Å². The Morgan fingerprint density at radius 3 is 2.59 bits per heavy atom. The zero-order chi connectivity index (χ0) is 19.2. The molecule has 144 valence electrons. The van der Waals surface area contributed by atoms with Crippen LogP contribution in [0.2, 0.25) is 0 Å². The second-order valence-corrected chi connectivity index (χ2v) is 7.88. The number of halogens is 1. The molecule has 0 amide bonds. The predicted octanol–water partition coefficient (Wildman–Crippen LogP) is 6.36. The molecule has 0 bridgehead atoms. The number of aryl methyl sites for hydroxylation is 1. The molecule has 0 spiro atoms. The summed E-state index contributed by atoms with van der Waals surface area (Å²) in [4.78, 5) is 11.3. The normalized spacial score (nSPS) is 19.7. The van der Waals surface area contributed by atoms with Crippen molar-refractivity contribution < 1.29 is 13.9 Å². The van der Waals surface area contributed by atoms with Gasteiger partial charge >= 0.3 is 0 Å². The molecule has 2 nitrogen and oxygen atoms in total. The van der Waals surface area contributed by atoms with Gasteiger partial charge in [-0.05, 0) is 92.3 Å². The molecule has 0 radical (unpaired) electrons. The van der Waals surface area contributed by atoms with Crippen LogP contribution in [-0.4, -0.2) is 11.9 Å². The molecule has 1 saturated carbocycles. The van der Waals surface area contributed by atoms with E-state index < -0.39 is 0 Å². The summed E-state index contributed by atoms with van der Waals surface area (Å²) in [7, 11) is 0. The summed E-state index contributed by atoms with van der Waals surface area (Å²) in [6.07, 6.45) is 7.06. The Bertz CT molecular complexity index is 776. The molecular formula is C24H29FO2. The average Bonchev–Trinajstić information content (AvgIpc) is 2.64. The number of benzene rings is 2. The van der Waals surface area contributed by atoms with Gasteiger partial charge in [0.1, 0.15) is 17.3 Å². The fraction of sp³-hybridized carbons (Fsp3) is 0.458. The minimum absolute atomic E-state index is 0.203. The third-order valence-corrected chi connectivity index (χ3v) is 5.46. The first kappa shape index (κ1) is 19.6. The Kier molecular flexibility index (Phi) is 6.65. The number of Topliss-reactive ketones (excluding diaryl/α,β-unsaturated/α-hetero) is 1. The highest BCUT2D eigenvalue weighted by atomic mass is 19.1. The summed E-state index contributed by atoms with van der Waals surface area (Å²) in [6.45, 7) is 3.92. The van der Waals surface area contributed by atoms with Crippen LogP contribution in [0.1, 0.15) is 57.9 Å². The smallest absolute Gasteiger partial charge is 0.129 e. The van der Waals surface area contributed by atoms with Crippen molar-refractivity contribution in [2.24, 2.45) is 5.92 Å². The number of hydrogen-bond acceptors (Lipinski definition) is 2. The molecule has 0 unspecified atom stereocenters. The molecule has 2 aromatic rings. The Balaban J connectivity index is 1.82. The maximum atomic E-state index is 13.8. The van der Waals surface area contributed by atoms with Gasteiger partial charge in [0.05, 0.1) is 6.10 Å². The SMILES string of the molecule is CC(=O)CCCc1ccc(OC2CCC(C)CC2)cc1-c1cccc(F)c1. The largest absolute Gasteiger partial charge is 0.490 e. The van der Waals surface area contributed by atoms with Gasteiger partial charge in [-0.2, -0.15) is 0 Å². The standard InChI is InChI=1S/C24H29FO2/c1-17-9-12-22(13-10-17)27-23-14-11-19(6-3-5-18(2)26)24(16-23)20-7-4-8-21(25)15-20/h4,7-8,11,14-17,22H,3,5-6,9-10,12-13H2,1-2H3. The first-order valence-electron chi connectivity index (χ1n) is 10.1. The maximum Gasteiger partial charge on any atom is 0.129 e. The van der Waals surface area contributed by atoms with Crippen molar-refractivity contribution in [2.45, 2.75) is 64.9 Å². The predicted molar refractivity (Wildman–Crippen MR) is 108 cm³/mol. The maximum absolute atomic E-state index is 13.8. The van der Waals surface area contributed by atoms with Crippen molar-refractivity contribution in [2.75, 3.05) is 0 Å². The van der Waals surface area contributed by atoms with Crippen molar-refractivity contribution in [3.05, 3.63) is 53.8 Å². The summed E-state index contributed by atoms with van der Waals surface area (Å²) in [5.41, 5.74) is 2.99. The first-order valence-corrected chi connectivity index (χ1v) is 10.1. The van der Waals surface area contributed by atoms with E-state index in [4.69, 9.17) is 4.74 Å². The molecule has 1 aliphatic rings. The lowest BCUT2D eigenvalue weighted by atomic mass is 9.89. The Labute approximate surface area is 161 Å². The summed E-state index contributed by atoms with van der Waals surface area (Å²) < 4.78 is 20.0. The highest BCUT2D eigenvalue weighted by Crippen LogP contribution is 2.32. The zero-order valence-electron chi connectivity index (χ0n) is 16.3. The molecule has 3 rings (SSSR count). The van der Waals surface area contributed by atoms with Gasteiger partial charge < -0.3 is 9.53 Å². The molecule has 0 aliphatic heterocycles. The molecule has 0 N–H and O–H groups in total. The molecule has 0 saturated heterocycles. The molecular weight excluding hydrogens is 339 g/mol. The van der Waals surface area contributed by atoms with Gasteiger partial charge in [-0.1, -0.05) is 25.1 Å². The third-order valence-electron chi connectivity index (χ3n) is 5.46. The molecule has 2 aromatic carbocycles. The highest BCUT2D eigenvalue weighted by molar-refractivity contribution is 5.75. The van der Waals surface area contributed by atoms with E-state index in [0.717, 1.165) is 54.0 Å². The van der Waals surface area contributed by atoms with Crippen LogP contribution in [0, 0.1) is 11.7 Å². The molecule has 3 heteroatoms. The van der Waals surface area contributed by atoms with Gasteiger partial charge in [-0.25, -0.2) is 4.39 Å². The second-order valence-electron chi connectivity index (χ2n) is 7.88.